The van der Waals surface area contributed by atoms with Crippen molar-refractivity contribution in [2.75, 3.05) is 19.5 Å². The fourth-order valence-electron chi connectivity index (χ4n) is 1.02. The zero-order chi connectivity index (χ0) is 10.6. The Hall–Kier alpha value is -1.42. The molecule has 0 heterocycles. The van der Waals surface area contributed by atoms with Gasteiger partial charge in [0.1, 0.15) is 6.61 Å². The molecule has 0 aromatic heterocycles. The van der Waals surface area contributed by atoms with Gasteiger partial charge in [-0.25, -0.2) is 0 Å². The average molecular weight is 197 g/mol. The summed E-state index contributed by atoms with van der Waals surface area (Å²) >= 11 is 0. The largest absolute Gasteiger partial charge is 0.493 e. The van der Waals surface area contributed by atoms with Gasteiger partial charge in [-0.05, 0) is 19.1 Å². The molecule has 3 N–H and O–H groups in total. The molecule has 4 heteroatoms. The summed E-state index contributed by atoms with van der Waals surface area (Å²) < 4.78 is 10.4. The second-order valence-corrected chi connectivity index (χ2v) is 3.07. The predicted octanol–water partition coefficient (Wildman–Crippen LogP) is 1.04. The number of aliphatic hydroxyl groups is 1. The molecule has 0 bridgehead atoms. The summed E-state index contributed by atoms with van der Waals surface area (Å²) in [4.78, 5) is 0. The number of hydrogen-bond acceptors (Lipinski definition) is 4. The molecular formula is C10H15NO3. The number of aliphatic hydroxyl groups excluding tert-OH is 1. The number of methoxy groups -OCH3 is 1. The van der Waals surface area contributed by atoms with E-state index in [1.54, 1.807) is 32.2 Å². The molecule has 0 aliphatic heterocycles. The van der Waals surface area contributed by atoms with Crippen LogP contribution < -0.4 is 15.2 Å². The van der Waals surface area contributed by atoms with Gasteiger partial charge in [0, 0.05) is 11.8 Å². The summed E-state index contributed by atoms with van der Waals surface area (Å²) in [5.74, 6) is 1.16. The number of hydrogen-bond donors (Lipinski definition) is 2. The van der Waals surface area contributed by atoms with Crippen molar-refractivity contribution in [3.8, 4) is 11.5 Å². The van der Waals surface area contributed by atoms with E-state index in [-0.39, 0.29) is 6.61 Å². The van der Waals surface area contributed by atoms with Crippen molar-refractivity contribution in [2.24, 2.45) is 0 Å². The Morgan fingerprint density at radius 3 is 2.71 bits per heavy atom. The van der Waals surface area contributed by atoms with E-state index in [1.807, 2.05) is 0 Å². The maximum Gasteiger partial charge on any atom is 0.163 e. The summed E-state index contributed by atoms with van der Waals surface area (Å²) in [5.41, 5.74) is 6.19. The fourth-order valence-corrected chi connectivity index (χ4v) is 1.02. The summed E-state index contributed by atoms with van der Waals surface area (Å²) in [6.07, 6.45) is -0.513. The minimum atomic E-state index is -0.513. The van der Waals surface area contributed by atoms with E-state index in [0.29, 0.717) is 17.2 Å². The highest BCUT2D eigenvalue weighted by Crippen LogP contribution is 2.28. The lowest BCUT2D eigenvalue weighted by Gasteiger charge is -2.12. The van der Waals surface area contributed by atoms with Gasteiger partial charge in [-0.3, -0.25) is 0 Å². The van der Waals surface area contributed by atoms with Gasteiger partial charge in [-0.2, -0.15) is 0 Å². The SMILES string of the molecule is COc1ccc(N)cc1OCC(C)O. The molecule has 1 unspecified atom stereocenters. The quantitative estimate of drug-likeness (QED) is 0.708. The highest BCUT2D eigenvalue weighted by atomic mass is 16.5. The van der Waals surface area contributed by atoms with Crippen molar-refractivity contribution in [1.29, 1.82) is 0 Å². The molecule has 0 amide bonds. The Bertz CT molecular complexity index is 299. The molecule has 1 aromatic rings. The second-order valence-electron chi connectivity index (χ2n) is 3.07. The molecule has 1 rings (SSSR count). The van der Waals surface area contributed by atoms with Gasteiger partial charge < -0.3 is 20.3 Å². The maximum atomic E-state index is 9.05. The molecule has 0 radical (unpaired) electrons. The maximum absolute atomic E-state index is 9.05. The summed E-state index contributed by atoms with van der Waals surface area (Å²) in [5, 5.41) is 9.05. The Balaban J connectivity index is 2.77. The van der Waals surface area contributed by atoms with Crippen molar-refractivity contribution in [3.05, 3.63) is 18.2 Å². The van der Waals surface area contributed by atoms with Gasteiger partial charge in [-0.15, -0.1) is 0 Å². The highest BCUT2D eigenvalue weighted by Gasteiger charge is 2.05. The number of ether oxygens (including phenoxy) is 2. The van der Waals surface area contributed by atoms with Crippen LogP contribution in [0.5, 0.6) is 11.5 Å². The van der Waals surface area contributed by atoms with E-state index in [0.717, 1.165) is 0 Å². The van der Waals surface area contributed by atoms with Crippen LogP contribution in [-0.4, -0.2) is 24.9 Å². The van der Waals surface area contributed by atoms with E-state index in [2.05, 4.69) is 0 Å². The Morgan fingerprint density at radius 2 is 2.14 bits per heavy atom. The lowest BCUT2D eigenvalue weighted by Crippen LogP contribution is -2.13. The van der Waals surface area contributed by atoms with Crippen molar-refractivity contribution < 1.29 is 14.6 Å². The highest BCUT2D eigenvalue weighted by molar-refractivity contribution is 5.51. The van der Waals surface area contributed by atoms with E-state index < -0.39 is 6.10 Å². The first-order valence-electron chi connectivity index (χ1n) is 4.38. The van der Waals surface area contributed by atoms with Crippen LogP contribution in [0.1, 0.15) is 6.92 Å². The molecule has 4 nitrogen and oxygen atoms in total. The number of nitrogen functional groups attached to an aromatic ring is 1. The van der Waals surface area contributed by atoms with Crippen LogP contribution in [0.3, 0.4) is 0 Å². The number of benzene rings is 1. The van der Waals surface area contributed by atoms with Gasteiger partial charge in [0.2, 0.25) is 0 Å². The van der Waals surface area contributed by atoms with Crippen LogP contribution in [0.25, 0.3) is 0 Å². The normalized spacial score (nSPS) is 12.2. The monoisotopic (exact) mass is 197 g/mol. The number of nitrogens with two attached hydrogens (primary N) is 1. The molecule has 0 aliphatic rings. The first-order chi connectivity index (χ1) is 6.63. The molecule has 14 heavy (non-hydrogen) atoms. The third kappa shape index (κ3) is 2.81. The fraction of sp³-hybridized carbons (Fsp3) is 0.400. The topological polar surface area (TPSA) is 64.7 Å². The smallest absolute Gasteiger partial charge is 0.163 e. The molecule has 0 saturated carbocycles. The number of rotatable bonds is 4. The zero-order valence-electron chi connectivity index (χ0n) is 8.36. The zero-order valence-corrected chi connectivity index (χ0v) is 8.36. The predicted molar refractivity (Wildman–Crippen MR) is 54.6 cm³/mol. The minimum Gasteiger partial charge on any atom is -0.493 e. The molecule has 1 aromatic carbocycles. The number of anilines is 1. The van der Waals surface area contributed by atoms with Crippen LogP contribution in [-0.2, 0) is 0 Å². The van der Waals surface area contributed by atoms with Crippen molar-refractivity contribution in [1.82, 2.24) is 0 Å². The summed E-state index contributed by atoms with van der Waals surface area (Å²) in [7, 11) is 1.56. The summed E-state index contributed by atoms with van der Waals surface area (Å²) in [6.45, 7) is 1.87. The Kier molecular flexibility index (Phi) is 3.59. The Labute approximate surface area is 83.3 Å². The van der Waals surface area contributed by atoms with Crippen LogP contribution in [0.2, 0.25) is 0 Å². The van der Waals surface area contributed by atoms with Gasteiger partial charge in [0.15, 0.2) is 11.5 Å². The third-order valence-electron chi connectivity index (χ3n) is 1.67. The van der Waals surface area contributed by atoms with Gasteiger partial charge in [0.05, 0.1) is 13.2 Å². The average Bonchev–Trinajstić information content (AvgIpc) is 2.15. The van der Waals surface area contributed by atoms with Crippen LogP contribution in [0, 0.1) is 0 Å². The molecule has 0 fully saturated rings. The van der Waals surface area contributed by atoms with Crippen molar-refractivity contribution in [2.45, 2.75) is 13.0 Å². The molecule has 1 atom stereocenters. The van der Waals surface area contributed by atoms with Crippen molar-refractivity contribution in [3.63, 3.8) is 0 Å². The first kappa shape index (κ1) is 10.7. The van der Waals surface area contributed by atoms with Crippen molar-refractivity contribution >= 4 is 5.69 Å². The molecule has 0 spiro atoms. The van der Waals surface area contributed by atoms with E-state index in [4.69, 9.17) is 20.3 Å². The minimum absolute atomic E-state index is 0.222. The lowest BCUT2D eigenvalue weighted by molar-refractivity contribution is 0.120. The molecule has 0 aliphatic carbocycles. The van der Waals surface area contributed by atoms with E-state index in [9.17, 15) is 0 Å². The van der Waals surface area contributed by atoms with Gasteiger partial charge in [0.25, 0.3) is 0 Å². The van der Waals surface area contributed by atoms with Gasteiger partial charge >= 0.3 is 0 Å². The lowest BCUT2D eigenvalue weighted by atomic mass is 10.3. The van der Waals surface area contributed by atoms with E-state index in [1.165, 1.54) is 0 Å². The van der Waals surface area contributed by atoms with Crippen LogP contribution in [0.15, 0.2) is 18.2 Å². The van der Waals surface area contributed by atoms with Crippen LogP contribution >= 0.6 is 0 Å². The third-order valence-corrected chi connectivity index (χ3v) is 1.67. The summed E-state index contributed by atoms with van der Waals surface area (Å²) in [6, 6.07) is 5.13. The second kappa shape index (κ2) is 4.72. The van der Waals surface area contributed by atoms with Crippen LogP contribution in [0.4, 0.5) is 5.69 Å². The molecular weight excluding hydrogens is 182 g/mol. The Morgan fingerprint density at radius 1 is 1.43 bits per heavy atom. The van der Waals surface area contributed by atoms with Gasteiger partial charge in [-0.1, -0.05) is 0 Å². The van der Waals surface area contributed by atoms with E-state index >= 15 is 0 Å². The molecule has 0 saturated heterocycles. The molecule has 78 valence electrons. The first-order valence-corrected chi connectivity index (χ1v) is 4.38. The standard InChI is InChI=1S/C10H15NO3/c1-7(12)6-14-10-5-8(11)3-4-9(10)13-2/h3-5,7,12H,6,11H2,1-2H3.